The first-order valence-corrected chi connectivity index (χ1v) is 2.17. The molecule has 0 saturated carbocycles. The van der Waals surface area contributed by atoms with Crippen LogP contribution in [0.15, 0.2) is 0 Å². The van der Waals surface area contributed by atoms with Gasteiger partial charge in [0.2, 0.25) is 0 Å². The van der Waals surface area contributed by atoms with Crippen LogP contribution < -0.4 is 5.73 Å². The van der Waals surface area contributed by atoms with E-state index in [4.69, 9.17) is 5.73 Å². The second-order valence-corrected chi connectivity index (χ2v) is 1.97. The zero-order valence-electron chi connectivity index (χ0n) is 3.72. The number of thiol groups is 1. The van der Waals surface area contributed by atoms with Gasteiger partial charge in [-0.25, -0.2) is 0 Å². The molecule has 0 aromatic heterocycles. The maximum Gasteiger partial charge on any atom is 0.0111 e. The zero-order valence-corrected chi connectivity index (χ0v) is 5.43. The van der Waals surface area contributed by atoms with Crippen molar-refractivity contribution in [3.8, 4) is 0 Å². The molecule has 0 spiro atoms. The first-order valence-electron chi connectivity index (χ1n) is 1.65. The van der Waals surface area contributed by atoms with Gasteiger partial charge in [-0.15, -0.1) is 12.4 Å². The Balaban J connectivity index is 0. The Morgan fingerprint density at radius 3 is 2.00 bits per heavy atom. The summed E-state index contributed by atoms with van der Waals surface area (Å²) in [6.07, 6.45) is 0. The predicted molar refractivity (Wildman–Crippen MR) is 34.8 cm³/mol. The van der Waals surface area contributed by atoms with E-state index in [1.165, 1.54) is 0 Å². The molecule has 0 bridgehead atoms. The van der Waals surface area contributed by atoms with E-state index in [2.05, 4.69) is 12.6 Å². The number of rotatable bonds is 1. The third kappa shape index (κ3) is 8.82. The van der Waals surface area contributed by atoms with E-state index in [-0.39, 0.29) is 12.4 Å². The summed E-state index contributed by atoms with van der Waals surface area (Å²) in [5.41, 5.74) is 5.09. The van der Waals surface area contributed by atoms with Gasteiger partial charge in [0, 0.05) is 11.8 Å². The van der Waals surface area contributed by atoms with E-state index in [0.717, 1.165) is 0 Å². The Morgan fingerprint density at radius 1 is 1.83 bits per heavy atom. The van der Waals surface area contributed by atoms with Crippen molar-refractivity contribution in [2.75, 3.05) is 6.54 Å². The van der Waals surface area contributed by atoms with Gasteiger partial charge in [-0.2, -0.15) is 12.6 Å². The maximum atomic E-state index is 5.09. The minimum atomic E-state index is 0. The van der Waals surface area contributed by atoms with E-state index in [0.29, 0.717) is 11.8 Å². The van der Waals surface area contributed by atoms with Crippen LogP contribution in [0.25, 0.3) is 0 Å². The monoisotopic (exact) mass is 127 g/mol. The number of hydrogen-bond acceptors (Lipinski definition) is 2. The number of hydrogen-bond donors (Lipinski definition) is 2. The highest BCUT2D eigenvalue weighted by Gasteiger charge is 1.81. The Bertz CT molecular complexity index is 24.8. The molecular formula is C3H10ClNS. The molecule has 6 heavy (non-hydrogen) atoms. The van der Waals surface area contributed by atoms with Crippen LogP contribution in [0.1, 0.15) is 6.92 Å². The Labute approximate surface area is 50.1 Å². The molecule has 0 aliphatic rings. The van der Waals surface area contributed by atoms with Gasteiger partial charge in [0.15, 0.2) is 0 Å². The lowest BCUT2D eigenvalue weighted by molar-refractivity contribution is 0.959. The minimum absolute atomic E-state index is 0. The fourth-order valence-corrected chi connectivity index (χ4v) is 0. The third-order valence-corrected chi connectivity index (χ3v) is 0.552. The molecule has 0 aromatic rings. The molecule has 0 aromatic carbocycles. The third-order valence-electron chi connectivity index (χ3n) is 0.341. The fraction of sp³-hybridized carbons (Fsp3) is 1.00. The van der Waals surface area contributed by atoms with Crippen molar-refractivity contribution in [1.82, 2.24) is 0 Å². The molecule has 0 unspecified atom stereocenters. The van der Waals surface area contributed by atoms with Crippen molar-refractivity contribution in [2.24, 2.45) is 5.73 Å². The molecule has 0 rings (SSSR count). The van der Waals surface area contributed by atoms with Crippen LogP contribution >= 0.6 is 25.0 Å². The van der Waals surface area contributed by atoms with E-state index in [1.54, 1.807) is 0 Å². The van der Waals surface area contributed by atoms with Gasteiger partial charge in [0.1, 0.15) is 0 Å². The molecule has 0 fully saturated rings. The van der Waals surface area contributed by atoms with Crippen molar-refractivity contribution < 1.29 is 0 Å². The standard InChI is InChI=1S/C3H9NS.ClH/c1-3(5)2-4;/h3,5H,2,4H2,1H3;1H/t3-;/m0./s1. The average molecular weight is 128 g/mol. The van der Waals surface area contributed by atoms with Gasteiger partial charge in [-0.1, -0.05) is 6.92 Å². The van der Waals surface area contributed by atoms with E-state index >= 15 is 0 Å². The maximum absolute atomic E-state index is 5.09. The molecule has 0 heterocycles. The van der Waals surface area contributed by atoms with Crippen LogP contribution in [0.2, 0.25) is 0 Å². The molecule has 1 atom stereocenters. The van der Waals surface area contributed by atoms with Crippen LogP contribution in [0.3, 0.4) is 0 Å². The SMILES string of the molecule is C[C@H](S)CN.Cl. The van der Waals surface area contributed by atoms with Gasteiger partial charge < -0.3 is 5.73 Å². The highest BCUT2D eigenvalue weighted by atomic mass is 35.5. The molecule has 0 saturated heterocycles. The highest BCUT2D eigenvalue weighted by molar-refractivity contribution is 7.80. The fourth-order valence-electron chi connectivity index (χ4n) is 0. The van der Waals surface area contributed by atoms with Crippen LogP contribution in [0.5, 0.6) is 0 Å². The summed E-state index contributed by atoms with van der Waals surface area (Å²) in [6, 6.07) is 0. The number of halogens is 1. The second-order valence-electron chi connectivity index (χ2n) is 1.08. The van der Waals surface area contributed by atoms with E-state index < -0.39 is 0 Å². The topological polar surface area (TPSA) is 26.0 Å². The molecule has 0 aliphatic heterocycles. The summed E-state index contributed by atoms with van der Waals surface area (Å²) in [7, 11) is 0. The van der Waals surface area contributed by atoms with Crippen molar-refractivity contribution >= 4 is 25.0 Å². The van der Waals surface area contributed by atoms with Gasteiger partial charge in [-0.3, -0.25) is 0 Å². The lowest BCUT2D eigenvalue weighted by Gasteiger charge is -1.90. The largest absolute Gasteiger partial charge is 0.329 e. The van der Waals surface area contributed by atoms with Crippen molar-refractivity contribution in [3.63, 3.8) is 0 Å². The molecular weight excluding hydrogens is 118 g/mol. The molecule has 1 nitrogen and oxygen atoms in total. The van der Waals surface area contributed by atoms with Crippen LogP contribution in [-0.4, -0.2) is 11.8 Å². The molecule has 3 heteroatoms. The summed E-state index contributed by atoms with van der Waals surface area (Å²) in [4.78, 5) is 0. The minimum Gasteiger partial charge on any atom is -0.329 e. The van der Waals surface area contributed by atoms with Crippen LogP contribution in [0.4, 0.5) is 0 Å². The lowest BCUT2D eigenvalue weighted by Crippen LogP contribution is -2.08. The molecule has 40 valence electrons. The highest BCUT2D eigenvalue weighted by Crippen LogP contribution is 1.83. The number of nitrogens with two attached hydrogens (primary N) is 1. The van der Waals surface area contributed by atoms with Crippen LogP contribution in [0, 0.1) is 0 Å². The molecule has 0 radical (unpaired) electrons. The summed E-state index contributed by atoms with van der Waals surface area (Å²) >= 11 is 3.97. The molecule has 2 N–H and O–H groups in total. The average Bonchev–Trinajstić information content (AvgIpc) is 1.38. The van der Waals surface area contributed by atoms with Gasteiger partial charge in [-0.05, 0) is 0 Å². The Kier molecular flexibility index (Phi) is 9.13. The van der Waals surface area contributed by atoms with Gasteiger partial charge in [0.25, 0.3) is 0 Å². The summed E-state index contributed by atoms with van der Waals surface area (Å²) in [6.45, 7) is 2.63. The van der Waals surface area contributed by atoms with Gasteiger partial charge in [0.05, 0.1) is 0 Å². The molecule has 0 amide bonds. The van der Waals surface area contributed by atoms with Gasteiger partial charge >= 0.3 is 0 Å². The molecule has 0 aliphatic carbocycles. The normalized spacial score (nSPS) is 12.5. The van der Waals surface area contributed by atoms with Crippen molar-refractivity contribution in [3.05, 3.63) is 0 Å². The first-order chi connectivity index (χ1) is 2.27. The summed E-state index contributed by atoms with van der Waals surface area (Å²) < 4.78 is 0. The van der Waals surface area contributed by atoms with Crippen LogP contribution in [-0.2, 0) is 0 Å². The summed E-state index contributed by atoms with van der Waals surface area (Å²) in [5.74, 6) is 0. The smallest absolute Gasteiger partial charge is 0.0111 e. The Hall–Kier alpha value is 0.600. The zero-order chi connectivity index (χ0) is 4.28. The predicted octanol–water partition coefficient (Wildman–Crippen LogP) is 0.685. The summed E-state index contributed by atoms with van der Waals surface area (Å²) in [5, 5.41) is 0.356. The first kappa shape index (κ1) is 9.78. The quantitative estimate of drug-likeness (QED) is 0.498. The second kappa shape index (κ2) is 5.60. The van der Waals surface area contributed by atoms with E-state index in [1.807, 2.05) is 6.92 Å². The van der Waals surface area contributed by atoms with Crippen molar-refractivity contribution in [2.45, 2.75) is 12.2 Å². The lowest BCUT2D eigenvalue weighted by atomic mass is 10.5. The Morgan fingerprint density at radius 2 is 2.00 bits per heavy atom. The van der Waals surface area contributed by atoms with E-state index in [9.17, 15) is 0 Å². The van der Waals surface area contributed by atoms with Crippen molar-refractivity contribution in [1.29, 1.82) is 0 Å².